The molecule has 118 valence electrons. The molecular formula is C12H13N3O7. The average molecular weight is 311 g/mol. The Labute approximate surface area is 124 Å². The number of nitro groups is 2. The van der Waals surface area contributed by atoms with Gasteiger partial charge in [-0.2, -0.15) is 0 Å². The molecule has 10 nitrogen and oxygen atoms in total. The van der Waals surface area contributed by atoms with E-state index in [0.29, 0.717) is 0 Å². The summed E-state index contributed by atoms with van der Waals surface area (Å²) < 4.78 is 4.69. The van der Waals surface area contributed by atoms with Crippen LogP contribution in [0.2, 0.25) is 0 Å². The number of carbonyl (C=O) groups is 2. The lowest BCUT2D eigenvalue weighted by Gasteiger charge is -2.12. The summed E-state index contributed by atoms with van der Waals surface area (Å²) in [6, 6.07) is 1.53. The number of benzene rings is 1. The van der Waals surface area contributed by atoms with Gasteiger partial charge in [0.15, 0.2) is 0 Å². The predicted molar refractivity (Wildman–Crippen MR) is 73.3 cm³/mol. The second-order valence-corrected chi connectivity index (χ2v) is 4.20. The van der Waals surface area contributed by atoms with Crippen LogP contribution in [0, 0.1) is 20.2 Å². The SMILES string of the molecule is CCOC(=O)[C@@H](C)NC(=O)c1cc([N+](=O)[O-])cc([N+](=O)[O-])c1. The Morgan fingerprint density at radius 1 is 1.18 bits per heavy atom. The lowest BCUT2D eigenvalue weighted by Crippen LogP contribution is -2.39. The molecule has 10 heteroatoms. The molecule has 0 saturated heterocycles. The first kappa shape index (κ1) is 17.0. The molecule has 0 aliphatic rings. The highest BCUT2D eigenvalue weighted by atomic mass is 16.6. The van der Waals surface area contributed by atoms with Gasteiger partial charge in [-0.1, -0.05) is 0 Å². The minimum absolute atomic E-state index is 0.126. The van der Waals surface area contributed by atoms with E-state index in [4.69, 9.17) is 4.74 Å². The molecule has 1 rings (SSSR count). The van der Waals surface area contributed by atoms with Gasteiger partial charge in [0.1, 0.15) is 6.04 Å². The van der Waals surface area contributed by atoms with Crippen molar-refractivity contribution in [1.29, 1.82) is 0 Å². The first-order chi connectivity index (χ1) is 10.3. The number of non-ortho nitro benzene ring substituents is 2. The van der Waals surface area contributed by atoms with Crippen molar-refractivity contribution in [1.82, 2.24) is 5.32 Å². The van der Waals surface area contributed by atoms with Gasteiger partial charge in [-0.15, -0.1) is 0 Å². The standard InChI is InChI=1S/C12H13N3O7/c1-3-22-12(17)7(2)13-11(16)8-4-9(14(18)19)6-10(5-8)15(20)21/h4-7H,3H2,1-2H3,(H,13,16)/t7-/m1/s1. The summed E-state index contributed by atoms with van der Waals surface area (Å²) in [7, 11) is 0. The van der Waals surface area contributed by atoms with Crippen molar-refractivity contribution in [2.75, 3.05) is 6.61 Å². The summed E-state index contributed by atoms with van der Waals surface area (Å²) in [5.41, 5.74) is -1.48. The Morgan fingerprint density at radius 3 is 2.09 bits per heavy atom. The zero-order chi connectivity index (χ0) is 16.9. The maximum atomic E-state index is 11.9. The van der Waals surface area contributed by atoms with E-state index in [0.717, 1.165) is 18.2 Å². The molecule has 0 spiro atoms. The number of rotatable bonds is 6. The number of carbonyl (C=O) groups excluding carboxylic acids is 2. The predicted octanol–water partition coefficient (Wildman–Crippen LogP) is 1.18. The number of hydrogen-bond donors (Lipinski definition) is 1. The van der Waals surface area contributed by atoms with Crippen molar-refractivity contribution < 1.29 is 24.2 Å². The molecule has 1 atom stereocenters. The van der Waals surface area contributed by atoms with Crippen LogP contribution in [-0.2, 0) is 9.53 Å². The first-order valence-electron chi connectivity index (χ1n) is 6.17. The third-order valence-electron chi connectivity index (χ3n) is 2.57. The summed E-state index contributed by atoms with van der Waals surface area (Å²) in [6.45, 7) is 3.08. The molecule has 0 bridgehead atoms. The highest BCUT2D eigenvalue weighted by molar-refractivity contribution is 5.97. The molecule has 0 saturated carbocycles. The Balaban J connectivity index is 3.04. The van der Waals surface area contributed by atoms with Crippen molar-refractivity contribution >= 4 is 23.3 Å². The van der Waals surface area contributed by atoms with Gasteiger partial charge in [-0.05, 0) is 13.8 Å². The van der Waals surface area contributed by atoms with Crippen LogP contribution in [0.1, 0.15) is 24.2 Å². The van der Waals surface area contributed by atoms with Gasteiger partial charge in [0.2, 0.25) is 0 Å². The maximum Gasteiger partial charge on any atom is 0.328 e. The molecule has 0 fully saturated rings. The average Bonchev–Trinajstić information content (AvgIpc) is 2.46. The van der Waals surface area contributed by atoms with E-state index in [1.807, 2.05) is 0 Å². The van der Waals surface area contributed by atoms with Crippen LogP contribution in [0.25, 0.3) is 0 Å². The highest BCUT2D eigenvalue weighted by Crippen LogP contribution is 2.22. The number of ether oxygens (including phenoxy) is 1. The minimum atomic E-state index is -0.995. The molecule has 0 unspecified atom stereocenters. The molecule has 0 aromatic heterocycles. The monoisotopic (exact) mass is 311 g/mol. The fourth-order valence-electron chi connectivity index (χ4n) is 1.54. The molecule has 1 amide bonds. The second kappa shape index (κ2) is 7.11. The van der Waals surface area contributed by atoms with E-state index in [1.165, 1.54) is 6.92 Å². The number of amides is 1. The van der Waals surface area contributed by atoms with E-state index in [1.54, 1.807) is 6.92 Å². The van der Waals surface area contributed by atoms with Gasteiger partial charge in [-0.25, -0.2) is 4.79 Å². The van der Waals surface area contributed by atoms with Gasteiger partial charge in [-0.3, -0.25) is 25.0 Å². The number of nitro benzene ring substituents is 2. The zero-order valence-corrected chi connectivity index (χ0v) is 11.8. The topological polar surface area (TPSA) is 142 Å². The van der Waals surface area contributed by atoms with Gasteiger partial charge in [0.05, 0.1) is 28.1 Å². The van der Waals surface area contributed by atoms with Crippen molar-refractivity contribution in [3.63, 3.8) is 0 Å². The summed E-state index contributed by atoms with van der Waals surface area (Å²) >= 11 is 0. The molecule has 0 aliphatic heterocycles. The Bertz CT molecular complexity index is 597. The lowest BCUT2D eigenvalue weighted by molar-refractivity contribution is -0.394. The fraction of sp³-hybridized carbons (Fsp3) is 0.333. The molecule has 1 N–H and O–H groups in total. The molecule has 0 heterocycles. The quantitative estimate of drug-likeness (QED) is 0.472. The molecule has 1 aromatic carbocycles. The fourth-order valence-corrected chi connectivity index (χ4v) is 1.54. The smallest absolute Gasteiger partial charge is 0.328 e. The van der Waals surface area contributed by atoms with Crippen molar-refractivity contribution in [2.45, 2.75) is 19.9 Å². The van der Waals surface area contributed by atoms with E-state index >= 15 is 0 Å². The van der Waals surface area contributed by atoms with Crippen LogP contribution in [0.15, 0.2) is 18.2 Å². The number of nitrogens with zero attached hydrogens (tertiary/aromatic N) is 2. The summed E-state index contributed by atoms with van der Waals surface area (Å²) in [5, 5.41) is 23.7. The summed E-state index contributed by atoms with van der Waals surface area (Å²) in [6.07, 6.45) is 0. The van der Waals surface area contributed by atoms with Gasteiger partial charge in [0.25, 0.3) is 17.3 Å². The van der Waals surface area contributed by atoms with E-state index in [-0.39, 0.29) is 12.2 Å². The van der Waals surface area contributed by atoms with Crippen molar-refractivity contribution in [3.8, 4) is 0 Å². The van der Waals surface area contributed by atoms with Crippen LogP contribution in [0.3, 0.4) is 0 Å². The molecule has 0 aliphatic carbocycles. The number of nitrogens with one attached hydrogen (secondary N) is 1. The number of esters is 1. The third kappa shape index (κ3) is 4.23. The summed E-state index contributed by atoms with van der Waals surface area (Å²) in [5.74, 6) is -1.54. The zero-order valence-electron chi connectivity index (χ0n) is 11.8. The van der Waals surface area contributed by atoms with Crippen molar-refractivity contribution in [3.05, 3.63) is 44.0 Å². The second-order valence-electron chi connectivity index (χ2n) is 4.20. The molecule has 22 heavy (non-hydrogen) atoms. The molecule has 0 radical (unpaired) electrons. The largest absolute Gasteiger partial charge is 0.464 e. The maximum absolute atomic E-state index is 11.9. The molecular weight excluding hydrogens is 298 g/mol. The van der Waals surface area contributed by atoms with Crippen LogP contribution >= 0.6 is 0 Å². The molecule has 1 aromatic rings. The van der Waals surface area contributed by atoms with E-state index < -0.39 is 39.1 Å². The van der Waals surface area contributed by atoms with Gasteiger partial charge in [0, 0.05) is 12.1 Å². The lowest BCUT2D eigenvalue weighted by atomic mass is 10.1. The van der Waals surface area contributed by atoms with Gasteiger partial charge < -0.3 is 10.1 Å². The third-order valence-corrected chi connectivity index (χ3v) is 2.57. The highest BCUT2D eigenvalue weighted by Gasteiger charge is 2.22. The normalized spacial score (nSPS) is 11.4. The Morgan fingerprint density at radius 2 is 1.68 bits per heavy atom. The van der Waals surface area contributed by atoms with E-state index in [9.17, 15) is 29.8 Å². The summed E-state index contributed by atoms with van der Waals surface area (Å²) in [4.78, 5) is 43.1. The van der Waals surface area contributed by atoms with Crippen LogP contribution in [-0.4, -0.2) is 34.4 Å². The van der Waals surface area contributed by atoms with Gasteiger partial charge >= 0.3 is 5.97 Å². The van der Waals surface area contributed by atoms with E-state index in [2.05, 4.69) is 5.32 Å². The first-order valence-corrected chi connectivity index (χ1v) is 6.17. The van der Waals surface area contributed by atoms with Crippen LogP contribution in [0.5, 0.6) is 0 Å². The van der Waals surface area contributed by atoms with Crippen LogP contribution in [0.4, 0.5) is 11.4 Å². The Hall–Kier alpha value is -3.04. The van der Waals surface area contributed by atoms with Crippen LogP contribution < -0.4 is 5.32 Å². The Kier molecular flexibility index (Phi) is 5.50. The minimum Gasteiger partial charge on any atom is -0.464 e. The van der Waals surface area contributed by atoms with Crippen molar-refractivity contribution in [2.24, 2.45) is 0 Å². The number of hydrogen-bond acceptors (Lipinski definition) is 7.